The van der Waals surface area contributed by atoms with Gasteiger partial charge in [0.15, 0.2) is 17.3 Å². The first-order valence-corrected chi connectivity index (χ1v) is 6.17. The quantitative estimate of drug-likeness (QED) is 0.735. The van der Waals surface area contributed by atoms with Crippen molar-refractivity contribution in [2.45, 2.75) is 6.92 Å². The van der Waals surface area contributed by atoms with E-state index in [-0.39, 0.29) is 27.3 Å². The Balaban J connectivity index is 2.34. The molecular formula is C14H9Cl2FO2. The van der Waals surface area contributed by atoms with Gasteiger partial charge in [0.25, 0.3) is 0 Å². The van der Waals surface area contributed by atoms with Crippen molar-refractivity contribution in [3.05, 3.63) is 57.8 Å². The molecule has 0 unspecified atom stereocenters. The summed E-state index contributed by atoms with van der Waals surface area (Å²) in [4.78, 5) is 11.2. The average Bonchev–Trinajstić information content (AvgIpc) is 2.37. The molecule has 0 bridgehead atoms. The van der Waals surface area contributed by atoms with Gasteiger partial charge in [-0.25, -0.2) is 4.39 Å². The number of ether oxygens (including phenoxy) is 1. The van der Waals surface area contributed by atoms with Gasteiger partial charge in [0.2, 0.25) is 0 Å². The molecule has 0 saturated heterocycles. The maximum absolute atomic E-state index is 13.7. The highest BCUT2D eigenvalue weighted by Gasteiger charge is 2.11. The minimum Gasteiger partial charge on any atom is -0.453 e. The lowest BCUT2D eigenvalue weighted by Gasteiger charge is -2.09. The Morgan fingerprint density at radius 2 is 1.84 bits per heavy atom. The molecule has 5 heteroatoms. The van der Waals surface area contributed by atoms with E-state index in [1.165, 1.54) is 31.2 Å². The van der Waals surface area contributed by atoms with Gasteiger partial charge in [-0.1, -0.05) is 29.3 Å². The number of ketones is 1. The van der Waals surface area contributed by atoms with Crippen LogP contribution in [0.1, 0.15) is 17.3 Å². The summed E-state index contributed by atoms with van der Waals surface area (Å²) in [5, 5.41) is 0.195. The molecule has 0 saturated carbocycles. The molecule has 0 aromatic heterocycles. The molecule has 2 rings (SSSR count). The molecule has 0 aliphatic heterocycles. The summed E-state index contributed by atoms with van der Waals surface area (Å²) in [7, 11) is 0. The fourth-order valence-corrected chi connectivity index (χ4v) is 1.87. The second-order valence-corrected chi connectivity index (χ2v) is 4.67. The summed E-state index contributed by atoms with van der Waals surface area (Å²) in [5.41, 5.74) is 0.462. The van der Waals surface area contributed by atoms with Crippen LogP contribution in [0.5, 0.6) is 11.5 Å². The van der Waals surface area contributed by atoms with E-state index in [2.05, 4.69) is 0 Å². The van der Waals surface area contributed by atoms with E-state index in [1.807, 2.05) is 0 Å². The van der Waals surface area contributed by atoms with Crippen molar-refractivity contribution >= 4 is 29.0 Å². The molecular weight excluding hydrogens is 290 g/mol. The van der Waals surface area contributed by atoms with Crippen molar-refractivity contribution in [3.63, 3.8) is 0 Å². The van der Waals surface area contributed by atoms with E-state index in [0.29, 0.717) is 5.56 Å². The number of Topliss-reactive ketones (excluding diaryl/α,β-unsaturated/α-hetero) is 1. The van der Waals surface area contributed by atoms with Crippen molar-refractivity contribution in [2.24, 2.45) is 0 Å². The number of hydrogen-bond donors (Lipinski definition) is 0. The van der Waals surface area contributed by atoms with Gasteiger partial charge in [-0.15, -0.1) is 0 Å². The van der Waals surface area contributed by atoms with Crippen LogP contribution in [0.15, 0.2) is 36.4 Å². The first-order chi connectivity index (χ1) is 8.99. The molecule has 0 aliphatic carbocycles. The molecule has 19 heavy (non-hydrogen) atoms. The van der Waals surface area contributed by atoms with Crippen LogP contribution in [0.2, 0.25) is 10.0 Å². The van der Waals surface area contributed by atoms with Gasteiger partial charge in [0.1, 0.15) is 5.75 Å². The maximum Gasteiger partial charge on any atom is 0.184 e. The Morgan fingerprint density at radius 1 is 1.11 bits per heavy atom. The topological polar surface area (TPSA) is 26.3 Å². The normalized spacial score (nSPS) is 10.3. The summed E-state index contributed by atoms with van der Waals surface area (Å²) >= 11 is 11.6. The van der Waals surface area contributed by atoms with Crippen LogP contribution in [-0.4, -0.2) is 5.78 Å². The fourth-order valence-electron chi connectivity index (χ4n) is 1.48. The number of carbonyl (C=O) groups excluding carboxylic acids is 1. The minimum atomic E-state index is -0.657. The Labute approximate surface area is 119 Å². The number of halogens is 3. The third-order valence-electron chi connectivity index (χ3n) is 2.47. The van der Waals surface area contributed by atoms with Gasteiger partial charge < -0.3 is 4.74 Å². The van der Waals surface area contributed by atoms with Gasteiger partial charge in [-0.3, -0.25) is 4.79 Å². The zero-order valence-corrected chi connectivity index (χ0v) is 11.4. The highest BCUT2D eigenvalue weighted by Crippen LogP contribution is 2.33. The van der Waals surface area contributed by atoms with Crippen molar-refractivity contribution in [1.29, 1.82) is 0 Å². The molecule has 0 heterocycles. The lowest BCUT2D eigenvalue weighted by atomic mass is 10.1. The van der Waals surface area contributed by atoms with Crippen LogP contribution in [0, 0.1) is 5.82 Å². The van der Waals surface area contributed by atoms with Crippen LogP contribution in [-0.2, 0) is 0 Å². The van der Waals surface area contributed by atoms with Gasteiger partial charge in [0, 0.05) is 5.56 Å². The first kappa shape index (κ1) is 13.8. The van der Waals surface area contributed by atoms with Gasteiger partial charge in [0.05, 0.1) is 10.0 Å². The average molecular weight is 299 g/mol. The Hall–Kier alpha value is -1.58. The van der Waals surface area contributed by atoms with Crippen LogP contribution in [0.4, 0.5) is 4.39 Å². The zero-order chi connectivity index (χ0) is 14.0. The van der Waals surface area contributed by atoms with Gasteiger partial charge in [-0.05, 0) is 37.3 Å². The van der Waals surface area contributed by atoms with Crippen LogP contribution >= 0.6 is 23.2 Å². The van der Waals surface area contributed by atoms with Crippen molar-refractivity contribution in [1.82, 2.24) is 0 Å². The molecule has 0 amide bonds. The molecule has 0 fully saturated rings. The predicted molar refractivity (Wildman–Crippen MR) is 72.9 cm³/mol. The SMILES string of the molecule is CC(=O)c1ccc(Oc2cccc(Cl)c2F)c(Cl)c1. The molecule has 2 nitrogen and oxygen atoms in total. The third kappa shape index (κ3) is 3.06. The Bertz CT molecular complexity index is 641. The predicted octanol–water partition coefficient (Wildman–Crippen LogP) is 5.13. The van der Waals surface area contributed by atoms with Gasteiger partial charge >= 0.3 is 0 Å². The van der Waals surface area contributed by atoms with Crippen molar-refractivity contribution in [2.75, 3.05) is 0 Å². The van der Waals surface area contributed by atoms with Crippen LogP contribution in [0.3, 0.4) is 0 Å². The number of hydrogen-bond acceptors (Lipinski definition) is 2. The Morgan fingerprint density at radius 3 is 2.47 bits per heavy atom. The van der Waals surface area contributed by atoms with Crippen LogP contribution in [0.25, 0.3) is 0 Å². The fraction of sp³-hybridized carbons (Fsp3) is 0.0714. The van der Waals surface area contributed by atoms with Crippen LogP contribution < -0.4 is 4.74 Å². The van der Waals surface area contributed by atoms with E-state index < -0.39 is 5.82 Å². The van der Waals surface area contributed by atoms with E-state index in [9.17, 15) is 9.18 Å². The summed E-state index contributed by atoms with van der Waals surface area (Å²) in [6.45, 7) is 1.43. The number of benzene rings is 2. The first-order valence-electron chi connectivity index (χ1n) is 5.41. The number of carbonyl (C=O) groups is 1. The molecule has 0 atom stereocenters. The zero-order valence-electron chi connectivity index (χ0n) is 9.91. The van der Waals surface area contributed by atoms with Crippen molar-refractivity contribution < 1.29 is 13.9 Å². The molecule has 98 valence electrons. The maximum atomic E-state index is 13.7. The lowest BCUT2D eigenvalue weighted by molar-refractivity contribution is 0.101. The van der Waals surface area contributed by atoms with Crippen molar-refractivity contribution in [3.8, 4) is 11.5 Å². The third-order valence-corrected chi connectivity index (χ3v) is 3.06. The monoisotopic (exact) mass is 298 g/mol. The Kier molecular flexibility index (Phi) is 4.08. The van der Waals surface area contributed by atoms with E-state index in [4.69, 9.17) is 27.9 Å². The molecule has 0 aliphatic rings. The standard InChI is InChI=1S/C14H9Cl2FO2/c1-8(18)9-5-6-12(11(16)7-9)19-13-4-2-3-10(15)14(13)17/h2-7H,1H3. The molecule has 0 N–H and O–H groups in total. The second kappa shape index (κ2) is 5.59. The summed E-state index contributed by atoms with van der Waals surface area (Å²) in [6, 6.07) is 8.98. The highest BCUT2D eigenvalue weighted by molar-refractivity contribution is 6.32. The molecule has 2 aromatic rings. The molecule has 0 radical (unpaired) electrons. The van der Waals surface area contributed by atoms with E-state index in [1.54, 1.807) is 12.1 Å². The largest absolute Gasteiger partial charge is 0.453 e. The smallest absolute Gasteiger partial charge is 0.184 e. The van der Waals surface area contributed by atoms with E-state index in [0.717, 1.165) is 0 Å². The number of rotatable bonds is 3. The molecule has 2 aromatic carbocycles. The molecule has 0 spiro atoms. The highest BCUT2D eigenvalue weighted by atomic mass is 35.5. The lowest BCUT2D eigenvalue weighted by Crippen LogP contribution is -1.94. The summed E-state index contributed by atoms with van der Waals surface area (Å²) in [5.74, 6) is -0.531. The second-order valence-electron chi connectivity index (χ2n) is 3.86. The van der Waals surface area contributed by atoms with Gasteiger partial charge in [-0.2, -0.15) is 0 Å². The summed E-state index contributed by atoms with van der Waals surface area (Å²) in [6.07, 6.45) is 0. The van der Waals surface area contributed by atoms with E-state index >= 15 is 0 Å². The summed E-state index contributed by atoms with van der Waals surface area (Å²) < 4.78 is 19.0. The minimum absolute atomic E-state index is 0.0232.